The van der Waals surface area contributed by atoms with Gasteiger partial charge in [-0.25, -0.2) is 13.6 Å². The van der Waals surface area contributed by atoms with E-state index >= 15 is 0 Å². The third kappa shape index (κ3) is 3.33. The predicted molar refractivity (Wildman–Crippen MR) is 71.9 cm³/mol. The summed E-state index contributed by atoms with van der Waals surface area (Å²) in [6.07, 6.45) is -3.40. The number of aliphatic carboxylic acids is 1. The largest absolute Gasteiger partial charge is 0.478 e. The Morgan fingerprint density at radius 2 is 2.00 bits per heavy atom. The van der Waals surface area contributed by atoms with Crippen molar-refractivity contribution in [2.24, 2.45) is 0 Å². The lowest BCUT2D eigenvalue weighted by atomic mass is 10.0. The van der Waals surface area contributed by atoms with E-state index < -0.39 is 24.1 Å². The molecule has 2 rings (SSSR count). The van der Waals surface area contributed by atoms with Crippen LogP contribution in [0.2, 0.25) is 0 Å². The first-order chi connectivity index (χ1) is 9.40. The molecule has 0 amide bonds. The number of carboxylic acid groups (broad SMARTS) is 1. The molecule has 0 radical (unpaired) electrons. The van der Waals surface area contributed by atoms with Gasteiger partial charge in [0.2, 0.25) is 0 Å². The number of benzene rings is 1. The van der Waals surface area contributed by atoms with Crippen LogP contribution in [0.3, 0.4) is 0 Å². The highest BCUT2D eigenvalue weighted by atomic mass is 79.9. The average Bonchev–Trinajstić information content (AvgIpc) is 2.39. The summed E-state index contributed by atoms with van der Waals surface area (Å²) in [4.78, 5) is 11.0. The van der Waals surface area contributed by atoms with Crippen molar-refractivity contribution in [1.29, 1.82) is 0 Å². The third-order valence-electron chi connectivity index (χ3n) is 2.55. The number of hydrogen-bond acceptors (Lipinski definition) is 2. The predicted octanol–water partition coefficient (Wildman–Crippen LogP) is 3.84. The molecule has 110 valence electrons. The summed E-state index contributed by atoms with van der Waals surface area (Å²) in [5.41, 5.74) is 0.923. The summed E-state index contributed by atoms with van der Waals surface area (Å²) in [6, 6.07) is 3.41. The summed E-state index contributed by atoms with van der Waals surface area (Å²) >= 11 is 3.22. The maximum Gasteiger partial charge on any atom is 0.335 e. The van der Waals surface area contributed by atoms with E-state index in [4.69, 9.17) is 9.84 Å². The van der Waals surface area contributed by atoms with Gasteiger partial charge in [0.15, 0.2) is 6.10 Å². The quantitative estimate of drug-likeness (QED) is 0.879. The van der Waals surface area contributed by atoms with Crippen LogP contribution in [0.15, 0.2) is 22.2 Å². The van der Waals surface area contributed by atoms with E-state index in [1.807, 2.05) is 6.92 Å². The highest BCUT2D eigenvalue weighted by Crippen LogP contribution is 2.38. The molecular formula is C13H12BrF3O3. The van der Waals surface area contributed by atoms with Crippen LogP contribution in [0.25, 0.3) is 6.08 Å². The first-order valence-electron chi connectivity index (χ1n) is 5.47. The van der Waals surface area contributed by atoms with E-state index in [0.717, 1.165) is 5.56 Å². The molecule has 0 saturated heterocycles. The van der Waals surface area contributed by atoms with Crippen molar-refractivity contribution in [3.05, 3.63) is 33.3 Å². The number of hydrogen-bond donors (Lipinski definition) is 1. The smallest absolute Gasteiger partial charge is 0.335 e. The van der Waals surface area contributed by atoms with Crippen LogP contribution in [0.4, 0.5) is 13.2 Å². The van der Waals surface area contributed by atoms with Gasteiger partial charge < -0.3 is 9.84 Å². The van der Waals surface area contributed by atoms with Gasteiger partial charge in [0.05, 0.1) is 17.2 Å². The molecule has 0 aromatic heterocycles. The molecule has 0 fully saturated rings. The van der Waals surface area contributed by atoms with Crippen LogP contribution in [-0.2, 0) is 4.79 Å². The van der Waals surface area contributed by atoms with Crippen LogP contribution in [0.5, 0.6) is 5.75 Å². The Labute approximate surface area is 122 Å². The summed E-state index contributed by atoms with van der Waals surface area (Å²) in [6.45, 7) is 1.82. The minimum atomic E-state index is -2.89. The molecule has 0 saturated carbocycles. The normalized spacial score (nSPS) is 16.6. The molecule has 1 aromatic rings. The van der Waals surface area contributed by atoms with Gasteiger partial charge in [-0.05, 0) is 46.6 Å². The number of halogens is 4. The number of fused-ring (bicyclic) bond motifs is 1. The highest BCUT2D eigenvalue weighted by molar-refractivity contribution is 9.10. The Morgan fingerprint density at radius 1 is 1.40 bits per heavy atom. The maximum absolute atomic E-state index is 12.8. The molecule has 1 aromatic carbocycles. The first kappa shape index (κ1) is 16.6. The maximum atomic E-state index is 12.8. The molecule has 1 aliphatic heterocycles. The molecule has 1 heterocycles. The topological polar surface area (TPSA) is 46.5 Å². The third-order valence-corrected chi connectivity index (χ3v) is 3.14. The van der Waals surface area contributed by atoms with Crippen molar-refractivity contribution < 1.29 is 27.8 Å². The molecule has 0 bridgehead atoms. The summed E-state index contributed by atoms with van der Waals surface area (Å²) in [5.74, 6) is -1.15. The zero-order chi connectivity index (χ0) is 15.4. The fourth-order valence-electron chi connectivity index (χ4n) is 1.80. The monoisotopic (exact) mass is 352 g/mol. The number of carbonyl (C=O) groups is 1. The summed E-state index contributed by atoms with van der Waals surface area (Å²) < 4.78 is 40.7. The lowest BCUT2D eigenvalue weighted by Gasteiger charge is -2.25. The van der Waals surface area contributed by atoms with Crippen LogP contribution in [0.1, 0.15) is 11.1 Å². The summed E-state index contributed by atoms with van der Waals surface area (Å²) in [7, 11) is 0.500. The lowest BCUT2D eigenvalue weighted by Crippen LogP contribution is -2.33. The van der Waals surface area contributed by atoms with Crippen molar-refractivity contribution in [3.63, 3.8) is 0 Å². The molecule has 3 nitrogen and oxygen atoms in total. The van der Waals surface area contributed by atoms with E-state index in [0.29, 0.717) is 17.2 Å². The van der Waals surface area contributed by atoms with Crippen molar-refractivity contribution in [1.82, 2.24) is 0 Å². The highest BCUT2D eigenvalue weighted by Gasteiger charge is 2.35. The SMILES string of the molecule is CF.Cc1cc(Br)c2c(c1)C=C(C(=O)O)C(C(F)F)O2. The molecule has 0 spiro atoms. The van der Waals surface area contributed by atoms with E-state index in [1.54, 1.807) is 12.1 Å². The van der Waals surface area contributed by atoms with Gasteiger partial charge in [0.1, 0.15) is 5.75 Å². The average molecular weight is 353 g/mol. The fraction of sp³-hybridized carbons (Fsp3) is 0.308. The van der Waals surface area contributed by atoms with Crippen LogP contribution < -0.4 is 4.74 Å². The van der Waals surface area contributed by atoms with Crippen molar-refractivity contribution in [2.75, 3.05) is 7.18 Å². The van der Waals surface area contributed by atoms with Crippen molar-refractivity contribution >= 4 is 28.0 Å². The zero-order valence-electron chi connectivity index (χ0n) is 10.7. The molecule has 1 unspecified atom stereocenters. The molecule has 1 N–H and O–H groups in total. The second-order valence-electron chi connectivity index (χ2n) is 3.94. The van der Waals surface area contributed by atoms with Crippen LogP contribution in [-0.4, -0.2) is 30.8 Å². The van der Waals surface area contributed by atoms with Crippen molar-refractivity contribution in [3.8, 4) is 5.75 Å². The van der Waals surface area contributed by atoms with E-state index in [1.165, 1.54) is 6.08 Å². The minimum absolute atomic E-state index is 0.246. The number of rotatable bonds is 2. The standard InChI is InChI=1S/C12H9BrF2O3.CH3F/c1-5-2-6-4-7(12(16)17)10(11(14)15)18-9(6)8(13)3-5;1-2/h2-4,10-11H,1H3,(H,16,17);1H3. The minimum Gasteiger partial charge on any atom is -0.478 e. The zero-order valence-corrected chi connectivity index (χ0v) is 12.2. The Morgan fingerprint density at radius 3 is 2.50 bits per heavy atom. The van der Waals surface area contributed by atoms with Gasteiger partial charge in [-0.1, -0.05) is 0 Å². The van der Waals surface area contributed by atoms with Gasteiger partial charge in [0, 0.05) is 5.56 Å². The molecule has 7 heteroatoms. The van der Waals surface area contributed by atoms with Gasteiger partial charge in [-0.15, -0.1) is 0 Å². The van der Waals surface area contributed by atoms with Crippen LogP contribution >= 0.6 is 15.9 Å². The van der Waals surface area contributed by atoms with Gasteiger partial charge >= 0.3 is 5.97 Å². The van der Waals surface area contributed by atoms with E-state index in [9.17, 15) is 18.0 Å². The Hall–Kier alpha value is -1.50. The van der Waals surface area contributed by atoms with Crippen LogP contribution in [0, 0.1) is 6.92 Å². The van der Waals surface area contributed by atoms with Gasteiger partial charge in [-0.3, -0.25) is 4.39 Å². The number of aryl methyl sites for hydroxylation is 1. The molecule has 20 heavy (non-hydrogen) atoms. The molecule has 1 atom stereocenters. The number of alkyl halides is 3. The second-order valence-corrected chi connectivity index (χ2v) is 4.80. The van der Waals surface area contributed by atoms with E-state index in [2.05, 4.69) is 15.9 Å². The number of ether oxygens (including phenoxy) is 1. The Kier molecular flexibility index (Phi) is 5.62. The molecule has 0 aliphatic carbocycles. The summed E-state index contributed by atoms with van der Waals surface area (Å²) in [5, 5.41) is 8.93. The van der Waals surface area contributed by atoms with Gasteiger partial charge in [-0.2, -0.15) is 0 Å². The molecule has 1 aliphatic rings. The first-order valence-corrected chi connectivity index (χ1v) is 6.27. The van der Waals surface area contributed by atoms with Gasteiger partial charge in [0.25, 0.3) is 6.43 Å². The van der Waals surface area contributed by atoms with Crippen molar-refractivity contribution in [2.45, 2.75) is 19.5 Å². The van der Waals surface area contributed by atoms with E-state index in [-0.39, 0.29) is 5.75 Å². The number of carboxylic acids is 1. The Balaban J connectivity index is 0.000000956. The lowest BCUT2D eigenvalue weighted by molar-refractivity contribution is -0.134. The molecular weight excluding hydrogens is 341 g/mol. The Bertz CT molecular complexity index is 544. The second kappa shape index (κ2) is 6.78. The fourth-order valence-corrected chi connectivity index (χ4v) is 2.48.